The molecule has 0 heterocycles. The van der Waals surface area contributed by atoms with E-state index in [4.69, 9.17) is 0 Å². The Morgan fingerprint density at radius 1 is 1.00 bits per heavy atom. The fourth-order valence-corrected chi connectivity index (χ4v) is 4.77. The molecule has 156 valence electrons. The normalized spacial score (nSPS) is 16.7. The Bertz CT molecular complexity index is 897. The summed E-state index contributed by atoms with van der Waals surface area (Å²) < 4.78 is 0. The summed E-state index contributed by atoms with van der Waals surface area (Å²) in [5.74, 6) is 0.885. The van der Waals surface area contributed by atoms with Crippen molar-refractivity contribution >= 4 is 6.08 Å². The predicted molar refractivity (Wildman–Crippen MR) is 117 cm³/mol. The average molecular weight is 517 g/mol. The van der Waals surface area contributed by atoms with Gasteiger partial charge in [-0.1, -0.05) is 98.2 Å². The maximum absolute atomic E-state index is 2.47. The van der Waals surface area contributed by atoms with Crippen LogP contribution in [0.4, 0.5) is 0 Å². The van der Waals surface area contributed by atoms with Crippen LogP contribution in [0, 0.1) is 6.92 Å². The molecule has 2 aromatic rings. The number of fused-ring (bicyclic) bond motifs is 1. The van der Waals surface area contributed by atoms with E-state index in [2.05, 4.69) is 86.7 Å². The molecule has 2 aromatic carbocycles. The second kappa shape index (κ2) is 12.9. The molecule has 0 aromatic heterocycles. The first-order valence-electron chi connectivity index (χ1n) is 10.5. The van der Waals surface area contributed by atoms with Gasteiger partial charge in [0.1, 0.15) is 0 Å². The number of allylic oxidation sites excluding steroid dienone is 5. The maximum atomic E-state index is 2.47. The van der Waals surface area contributed by atoms with E-state index in [1.807, 2.05) is 0 Å². The zero-order chi connectivity index (χ0) is 18.6. The first-order chi connectivity index (χ1) is 13.3. The van der Waals surface area contributed by atoms with Gasteiger partial charge >= 0.3 is 26.2 Å². The summed E-state index contributed by atoms with van der Waals surface area (Å²) in [5.41, 5.74) is 9.02. The molecule has 2 unspecified atom stereocenters. The van der Waals surface area contributed by atoms with Gasteiger partial charge in [0.05, 0.1) is 0 Å². The van der Waals surface area contributed by atoms with Gasteiger partial charge in [-0.3, -0.25) is 0 Å². The molecule has 0 amide bonds. The molecule has 2 aliphatic carbocycles. The van der Waals surface area contributed by atoms with E-state index in [1.165, 1.54) is 42.4 Å². The van der Waals surface area contributed by atoms with E-state index in [1.54, 1.807) is 16.7 Å². The van der Waals surface area contributed by atoms with Crippen LogP contribution in [-0.2, 0) is 32.6 Å². The molecular weight excluding hydrogens is 486 g/mol. The topological polar surface area (TPSA) is 0 Å². The van der Waals surface area contributed by atoms with Crippen LogP contribution in [0.3, 0.4) is 0 Å². The van der Waals surface area contributed by atoms with Gasteiger partial charge in [0.25, 0.3) is 0 Å². The Kier molecular flexibility index (Phi) is 11.6. The molecule has 0 N–H and O–H groups in total. The van der Waals surface area contributed by atoms with Crippen LogP contribution in [0.25, 0.3) is 6.08 Å². The van der Waals surface area contributed by atoms with Crippen molar-refractivity contribution in [1.82, 2.24) is 0 Å². The number of hydrogen-bond donors (Lipinski definition) is 0. The third kappa shape index (κ3) is 5.67. The molecule has 0 fully saturated rings. The van der Waals surface area contributed by atoms with E-state index in [-0.39, 0.29) is 51.0 Å². The van der Waals surface area contributed by atoms with Crippen LogP contribution in [0.5, 0.6) is 0 Å². The SMILES string of the molecule is CCCCCc1ccc(C)c2c1C(C(C1=CC=CC1)c1ccccc1)C=C2.[Cl-].[Cl-].[Zr+2]. The standard InChI is InChI=1S/C27H30.2ClH.Zr/c1-3-4-6-11-23-17-16-20(2)24-18-19-25(27(23)24)26(22-14-9-10-15-22)21-12-7-5-8-13-21;;;/h5,7-10,12-14,16-19,25-26H,3-4,6,11,15H2,1-2H3;2*1H;/q;;;+2/p-2. The Hall–Kier alpha value is -0.877. The molecule has 2 atom stereocenters. The Labute approximate surface area is 213 Å². The second-order valence-corrected chi connectivity index (χ2v) is 7.97. The Morgan fingerprint density at radius 2 is 1.77 bits per heavy atom. The van der Waals surface area contributed by atoms with Crippen LogP contribution < -0.4 is 24.8 Å². The molecule has 0 spiro atoms. The number of hydrogen-bond acceptors (Lipinski definition) is 0. The van der Waals surface area contributed by atoms with Crippen molar-refractivity contribution in [1.29, 1.82) is 0 Å². The van der Waals surface area contributed by atoms with Crippen molar-refractivity contribution in [3.05, 3.63) is 100 Å². The molecular formula is C27H30Cl2Zr. The molecule has 0 aliphatic heterocycles. The summed E-state index contributed by atoms with van der Waals surface area (Å²) >= 11 is 0. The number of halogens is 2. The van der Waals surface area contributed by atoms with Crippen molar-refractivity contribution in [3.63, 3.8) is 0 Å². The third-order valence-corrected chi connectivity index (χ3v) is 6.17. The first-order valence-corrected chi connectivity index (χ1v) is 10.5. The largest absolute Gasteiger partial charge is 2.00 e. The average Bonchev–Trinajstić information content (AvgIpc) is 3.37. The predicted octanol–water partition coefficient (Wildman–Crippen LogP) is 1.51. The fraction of sp³-hybridized carbons (Fsp3) is 0.333. The quantitative estimate of drug-likeness (QED) is 0.490. The van der Waals surface area contributed by atoms with E-state index in [0.29, 0.717) is 11.8 Å². The van der Waals surface area contributed by atoms with Crippen LogP contribution in [0.1, 0.15) is 72.3 Å². The molecule has 3 heteroatoms. The van der Waals surface area contributed by atoms with Crippen LogP contribution in [0.2, 0.25) is 0 Å². The van der Waals surface area contributed by atoms with E-state index in [9.17, 15) is 0 Å². The molecule has 0 saturated carbocycles. The fourth-order valence-electron chi connectivity index (χ4n) is 4.77. The summed E-state index contributed by atoms with van der Waals surface area (Å²) in [4.78, 5) is 0. The zero-order valence-corrected chi connectivity index (χ0v) is 21.8. The van der Waals surface area contributed by atoms with Gasteiger partial charge in [0, 0.05) is 11.8 Å². The second-order valence-electron chi connectivity index (χ2n) is 7.97. The summed E-state index contributed by atoms with van der Waals surface area (Å²) in [7, 11) is 0. The van der Waals surface area contributed by atoms with E-state index in [0.717, 1.165) is 6.42 Å². The Balaban J connectivity index is 0.00000150. The molecule has 0 saturated heterocycles. The van der Waals surface area contributed by atoms with E-state index < -0.39 is 0 Å². The number of aryl methyl sites for hydroxylation is 2. The van der Waals surface area contributed by atoms with Crippen LogP contribution >= 0.6 is 0 Å². The molecule has 4 rings (SSSR count). The number of unbranched alkanes of at least 4 members (excludes halogenated alkanes) is 2. The summed E-state index contributed by atoms with van der Waals surface area (Å²) in [6, 6.07) is 15.8. The van der Waals surface area contributed by atoms with Crippen LogP contribution in [0.15, 0.2) is 72.3 Å². The van der Waals surface area contributed by atoms with Crippen molar-refractivity contribution in [2.24, 2.45) is 0 Å². The Morgan fingerprint density at radius 3 is 2.43 bits per heavy atom. The first kappa shape index (κ1) is 27.2. The van der Waals surface area contributed by atoms with Crippen LogP contribution in [-0.4, -0.2) is 0 Å². The van der Waals surface area contributed by atoms with Crippen molar-refractivity contribution in [3.8, 4) is 0 Å². The smallest absolute Gasteiger partial charge is 1.00 e. The van der Waals surface area contributed by atoms with Gasteiger partial charge in [0.2, 0.25) is 0 Å². The van der Waals surface area contributed by atoms with Crippen molar-refractivity contribution in [2.45, 2.75) is 57.8 Å². The molecule has 0 bridgehead atoms. The van der Waals surface area contributed by atoms with Crippen molar-refractivity contribution < 1.29 is 51.0 Å². The zero-order valence-electron chi connectivity index (χ0n) is 17.9. The van der Waals surface area contributed by atoms with Gasteiger partial charge < -0.3 is 24.8 Å². The molecule has 30 heavy (non-hydrogen) atoms. The summed E-state index contributed by atoms with van der Waals surface area (Å²) in [6.45, 7) is 4.55. The van der Waals surface area contributed by atoms with E-state index >= 15 is 0 Å². The van der Waals surface area contributed by atoms with Gasteiger partial charge in [-0.2, -0.15) is 0 Å². The number of benzene rings is 2. The van der Waals surface area contributed by atoms with Gasteiger partial charge in [-0.15, -0.1) is 0 Å². The van der Waals surface area contributed by atoms with Gasteiger partial charge in [-0.25, -0.2) is 0 Å². The minimum absolute atomic E-state index is 0. The molecule has 2 aliphatic rings. The number of rotatable bonds is 7. The molecule has 0 radical (unpaired) electrons. The maximum Gasteiger partial charge on any atom is 2.00 e. The third-order valence-electron chi connectivity index (χ3n) is 6.17. The van der Waals surface area contributed by atoms with Crippen molar-refractivity contribution in [2.75, 3.05) is 0 Å². The summed E-state index contributed by atoms with van der Waals surface area (Å²) in [5, 5.41) is 0. The minimum atomic E-state index is 0. The molecule has 0 nitrogen and oxygen atoms in total. The van der Waals surface area contributed by atoms with Gasteiger partial charge in [-0.05, 0) is 54.0 Å². The van der Waals surface area contributed by atoms with Gasteiger partial charge in [0.15, 0.2) is 0 Å². The minimum Gasteiger partial charge on any atom is -1.00 e. The summed E-state index contributed by atoms with van der Waals surface area (Å²) in [6.07, 6.45) is 17.9. The monoisotopic (exact) mass is 514 g/mol.